The largest absolute Gasteiger partial charge is 0.519 e. The average Bonchev–Trinajstić information content (AvgIpc) is 2.76. The van der Waals surface area contributed by atoms with Crippen LogP contribution in [0.25, 0.3) is 22.3 Å². The zero-order valence-electron chi connectivity index (χ0n) is 17.7. The Hall–Kier alpha value is -4.25. The van der Waals surface area contributed by atoms with Crippen LogP contribution in [0.15, 0.2) is 84.9 Å². The number of aryl methyl sites for hydroxylation is 2. The van der Waals surface area contributed by atoms with Gasteiger partial charge in [-0.1, -0.05) is 48.5 Å². The minimum absolute atomic E-state index is 0.195. The fourth-order valence-corrected chi connectivity index (χ4v) is 3.65. The molecule has 5 nitrogen and oxygen atoms in total. The van der Waals surface area contributed by atoms with Gasteiger partial charge in [-0.15, -0.1) is 0 Å². The molecule has 0 radical (unpaired) electrons. The van der Waals surface area contributed by atoms with Crippen molar-refractivity contribution < 1.29 is 24.5 Å². The maximum Gasteiger partial charge on any atom is 0.519 e. The topological polar surface area (TPSA) is 76.0 Å². The molecule has 0 saturated heterocycles. The first kappa shape index (κ1) is 21.0. The maximum absolute atomic E-state index is 12.2. The number of rotatable bonds is 4. The van der Waals surface area contributed by atoms with Gasteiger partial charge in [0.15, 0.2) is 0 Å². The van der Waals surface area contributed by atoms with Crippen molar-refractivity contribution in [3.05, 3.63) is 96.1 Å². The van der Waals surface area contributed by atoms with Crippen molar-refractivity contribution in [1.82, 2.24) is 0 Å². The zero-order chi connectivity index (χ0) is 22.7. The van der Waals surface area contributed by atoms with Gasteiger partial charge in [-0.3, -0.25) is 0 Å². The number of carbonyl (C=O) groups excluding carboxylic acids is 1. The number of ether oxygens (including phenoxy) is 2. The van der Waals surface area contributed by atoms with Crippen molar-refractivity contribution in [1.29, 1.82) is 0 Å². The third kappa shape index (κ3) is 4.42. The summed E-state index contributed by atoms with van der Waals surface area (Å²) in [6.07, 6.45) is -0.858. The molecule has 0 heterocycles. The Morgan fingerprint density at radius 2 is 0.969 bits per heavy atom. The summed E-state index contributed by atoms with van der Waals surface area (Å²) in [5.41, 5.74) is 5.00. The molecule has 5 heteroatoms. The lowest BCUT2D eigenvalue weighted by Gasteiger charge is -2.11. The molecular formula is C27H22O5. The van der Waals surface area contributed by atoms with Gasteiger partial charge in [-0.2, -0.15) is 0 Å². The molecule has 2 N–H and O–H groups in total. The van der Waals surface area contributed by atoms with Crippen molar-refractivity contribution in [3.63, 3.8) is 0 Å². The second-order valence-electron chi connectivity index (χ2n) is 7.44. The Bertz CT molecular complexity index is 1120. The molecule has 0 aliphatic heterocycles. The molecule has 160 valence electrons. The van der Waals surface area contributed by atoms with Crippen LogP contribution in [0.5, 0.6) is 23.0 Å². The van der Waals surface area contributed by atoms with Crippen LogP contribution >= 0.6 is 0 Å². The van der Waals surface area contributed by atoms with Crippen LogP contribution in [0, 0.1) is 13.8 Å². The van der Waals surface area contributed by atoms with Crippen molar-refractivity contribution in [2.24, 2.45) is 0 Å². The van der Waals surface area contributed by atoms with Crippen LogP contribution in [0.2, 0.25) is 0 Å². The number of phenolic OH excluding ortho intramolecular Hbond substituents is 2. The molecule has 4 aromatic rings. The summed E-state index contributed by atoms with van der Waals surface area (Å²) >= 11 is 0. The Kier molecular flexibility index (Phi) is 5.81. The van der Waals surface area contributed by atoms with Gasteiger partial charge >= 0.3 is 6.16 Å². The Balaban J connectivity index is 1.43. The first-order valence-electron chi connectivity index (χ1n) is 10.1. The molecule has 4 aromatic carbocycles. The molecule has 0 aromatic heterocycles. The highest BCUT2D eigenvalue weighted by atomic mass is 16.7. The maximum atomic E-state index is 12.2. The lowest BCUT2D eigenvalue weighted by Crippen LogP contribution is -2.13. The minimum Gasteiger partial charge on any atom is -0.507 e. The van der Waals surface area contributed by atoms with Crippen LogP contribution < -0.4 is 9.47 Å². The Morgan fingerprint density at radius 3 is 1.31 bits per heavy atom. The summed E-state index contributed by atoms with van der Waals surface area (Å²) in [5.74, 6) is 1.04. The number of phenols is 2. The average molecular weight is 426 g/mol. The van der Waals surface area contributed by atoms with E-state index in [0.717, 1.165) is 33.4 Å². The zero-order valence-corrected chi connectivity index (χ0v) is 17.7. The van der Waals surface area contributed by atoms with Gasteiger partial charge in [0, 0.05) is 11.1 Å². The highest BCUT2D eigenvalue weighted by molar-refractivity contribution is 5.76. The molecule has 32 heavy (non-hydrogen) atoms. The van der Waals surface area contributed by atoms with Crippen LogP contribution in [-0.2, 0) is 0 Å². The third-order valence-electron chi connectivity index (χ3n) is 5.19. The quantitative estimate of drug-likeness (QED) is 0.283. The summed E-state index contributed by atoms with van der Waals surface area (Å²) in [4.78, 5) is 12.2. The van der Waals surface area contributed by atoms with E-state index in [1.54, 1.807) is 72.8 Å². The number of aromatic hydroxyl groups is 2. The molecule has 0 unspecified atom stereocenters. The highest BCUT2D eigenvalue weighted by Gasteiger charge is 2.12. The van der Waals surface area contributed by atoms with Crippen LogP contribution in [0.1, 0.15) is 11.1 Å². The van der Waals surface area contributed by atoms with Crippen LogP contribution in [0.3, 0.4) is 0 Å². The predicted molar refractivity (Wildman–Crippen MR) is 123 cm³/mol. The second-order valence-corrected chi connectivity index (χ2v) is 7.44. The first-order valence-corrected chi connectivity index (χ1v) is 10.1. The molecule has 0 fully saturated rings. The second kappa shape index (κ2) is 8.86. The van der Waals surface area contributed by atoms with E-state index in [4.69, 9.17) is 9.47 Å². The number of hydrogen-bond acceptors (Lipinski definition) is 5. The molecule has 0 amide bonds. The molecule has 4 rings (SSSR count). The van der Waals surface area contributed by atoms with E-state index >= 15 is 0 Å². The highest BCUT2D eigenvalue weighted by Crippen LogP contribution is 2.34. The van der Waals surface area contributed by atoms with Gasteiger partial charge in [-0.05, 0) is 72.5 Å². The summed E-state index contributed by atoms with van der Waals surface area (Å²) in [6.45, 7) is 3.84. The van der Waals surface area contributed by atoms with Crippen molar-refractivity contribution >= 4 is 6.16 Å². The van der Waals surface area contributed by atoms with Crippen molar-refractivity contribution in [2.45, 2.75) is 13.8 Å². The van der Waals surface area contributed by atoms with Crippen molar-refractivity contribution in [3.8, 4) is 45.3 Å². The number of carbonyl (C=O) groups is 1. The van der Waals surface area contributed by atoms with E-state index in [1.807, 2.05) is 26.0 Å². The fraction of sp³-hybridized carbons (Fsp3) is 0.0741. The van der Waals surface area contributed by atoms with Gasteiger partial charge in [0.05, 0.1) is 0 Å². The van der Waals surface area contributed by atoms with Gasteiger partial charge < -0.3 is 19.7 Å². The van der Waals surface area contributed by atoms with Gasteiger partial charge in [0.25, 0.3) is 0 Å². The first-order chi connectivity index (χ1) is 15.4. The molecule has 0 aliphatic rings. The molecule has 0 bridgehead atoms. The number of hydrogen-bond donors (Lipinski definition) is 2. The Morgan fingerprint density at radius 1 is 0.594 bits per heavy atom. The van der Waals surface area contributed by atoms with E-state index in [-0.39, 0.29) is 11.5 Å². The summed E-state index contributed by atoms with van der Waals surface area (Å²) in [5, 5.41) is 20.3. The smallest absolute Gasteiger partial charge is 0.507 e. The van der Waals surface area contributed by atoms with Gasteiger partial charge in [-0.25, -0.2) is 4.79 Å². The summed E-state index contributed by atoms with van der Waals surface area (Å²) < 4.78 is 10.5. The Labute approximate surface area is 186 Å². The monoisotopic (exact) mass is 426 g/mol. The van der Waals surface area contributed by atoms with Crippen LogP contribution in [0.4, 0.5) is 4.79 Å². The van der Waals surface area contributed by atoms with E-state index in [9.17, 15) is 15.0 Å². The third-order valence-corrected chi connectivity index (χ3v) is 5.19. The fourth-order valence-electron chi connectivity index (χ4n) is 3.65. The predicted octanol–water partition coefficient (Wildman–Crippen LogP) is 6.63. The lowest BCUT2D eigenvalue weighted by molar-refractivity contribution is 0.152. The SMILES string of the molecule is Cc1cccc(O)c1-c1ccc(OC(=O)Oc2ccc(-c3c(C)cccc3O)cc2)cc1. The molecule has 0 atom stereocenters. The van der Waals surface area contributed by atoms with Gasteiger partial charge in [0.2, 0.25) is 0 Å². The molecule has 0 aliphatic carbocycles. The van der Waals surface area contributed by atoms with E-state index in [0.29, 0.717) is 11.5 Å². The number of benzene rings is 4. The molecule has 0 saturated carbocycles. The minimum atomic E-state index is -0.858. The van der Waals surface area contributed by atoms with E-state index in [1.165, 1.54) is 0 Å². The molecular weight excluding hydrogens is 404 g/mol. The van der Waals surface area contributed by atoms with Crippen molar-refractivity contribution in [2.75, 3.05) is 0 Å². The normalized spacial score (nSPS) is 10.6. The van der Waals surface area contributed by atoms with Crippen LogP contribution in [-0.4, -0.2) is 16.4 Å². The molecule has 0 spiro atoms. The lowest BCUT2D eigenvalue weighted by atomic mass is 9.99. The standard InChI is InChI=1S/C27H22O5/c1-17-5-3-7-23(28)25(17)19-9-13-21(14-10-19)31-27(30)32-22-15-11-20(12-16-22)26-18(2)6-4-8-24(26)29/h3-16,28-29H,1-2H3. The summed E-state index contributed by atoms with van der Waals surface area (Å²) in [7, 11) is 0. The van der Waals surface area contributed by atoms with E-state index in [2.05, 4.69) is 0 Å². The summed E-state index contributed by atoms with van der Waals surface area (Å²) in [6, 6.07) is 24.4. The van der Waals surface area contributed by atoms with E-state index < -0.39 is 6.16 Å². The van der Waals surface area contributed by atoms with Gasteiger partial charge in [0.1, 0.15) is 23.0 Å².